The van der Waals surface area contributed by atoms with Gasteiger partial charge in [0.2, 0.25) is 0 Å². The van der Waals surface area contributed by atoms with Crippen LogP contribution >= 0.6 is 0 Å². The number of anilines is 1. The van der Waals surface area contributed by atoms with Crippen LogP contribution in [0.25, 0.3) is 0 Å². The van der Waals surface area contributed by atoms with Crippen molar-refractivity contribution in [1.29, 1.82) is 0 Å². The van der Waals surface area contributed by atoms with E-state index in [0.29, 0.717) is 21.5 Å². The van der Waals surface area contributed by atoms with Gasteiger partial charge in [0.05, 0.1) is 45.1 Å². The molecule has 0 fully saturated rings. The second-order valence-electron chi connectivity index (χ2n) is 6.99. The summed E-state index contributed by atoms with van der Waals surface area (Å²) in [4.78, 5) is 25.6. The van der Waals surface area contributed by atoms with Crippen LogP contribution in [0.4, 0.5) is 5.69 Å². The molecule has 0 saturated carbocycles. The topological polar surface area (TPSA) is 64.6 Å². The summed E-state index contributed by atoms with van der Waals surface area (Å²) in [6.45, 7) is 11.9. The highest BCUT2D eigenvalue weighted by atomic mass is 16.5. The van der Waals surface area contributed by atoms with Crippen molar-refractivity contribution >= 4 is 17.6 Å². The Hall–Kier alpha value is -2.08. The van der Waals surface area contributed by atoms with Gasteiger partial charge in [-0.15, -0.1) is 0 Å². The van der Waals surface area contributed by atoms with Gasteiger partial charge < -0.3 is 19.3 Å². The van der Waals surface area contributed by atoms with Crippen LogP contribution in [0.2, 0.25) is 0 Å². The zero-order valence-corrected chi connectivity index (χ0v) is 17.8. The summed E-state index contributed by atoms with van der Waals surface area (Å²) in [6, 6.07) is 3.24. The van der Waals surface area contributed by atoms with Gasteiger partial charge in [0, 0.05) is 6.42 Å². The molecule has 0 aliphatic heterocycles. The fourth-order valence-electron chi connectivity index (χ4n) is 3.28. The zero-order chi connectivity index (χ0) is 20.6. The summed E-state index contributed by atoms with van der Waals surface area (Å²) >= 11 is 0. The van der Waals surface area contributed by atoms with Gasteiger partial charge in [0.15, 0.2) is 6.04 Å². The number of carbonyl (C=O) groups excluding carboxylic acids is 2. The van der Waals surface area contributed by atoms with E-state index in [-0.39, 0.29) is 18.6 Å². The van der Waals surface area contributed by atoms with Crippen LogP contribution < -0.4 is 10.1 Å². The molecule has 0 spiro atoms. The first kappa shape index (κ1) is 23.0. The normalized spacial score (nSPS) is 12.4. The number of benzene rings is 1. The minimum absolute atomic E-state index is 0.0677. The number of rotatable bonds is 10. The summed E-state index contributed by atoms with van der Waals surface area (Å²) in [5, 5.41) is 3.02. The van der Waals surface area contributed by atoms with E-state index in [4.69, 9.17) is 9.47 Å². The predicted octanol–water partition coefficient (Wildman–Crippen LogP) is 3.77. The maximum absolute atomic E-state index is 13.2. The Labute approximate surface area is 163 Å². The first-order valence-corrected chi connectivity index (χ1v) is 9.78. The minimum atomic E-state index is -0.468. The lowest BCUT2D eigenvalue weighted by Gasteiger charge is -2.39. The molecular formula is C21H35N2O4+. The molecule has 6 heteroatoms. The zero-order valence-electron chi connectivity index (χ0n) is 17.8. The molecule has 0 saturated heterocycles. The number of nitrogens with one attached hydrogen (secondary N) is 1. The fraction of sp³-hybridized carbons (Fsp3) is 0.619. The quantitative estimate of drug-likeness (QED) is 0.496. The standard InChI is InChI=1S/C21H34N2O4/c1-8-12-18(23(6,9-2)10-3)20(24)22-19-15(5)13-16(26-7)14-17(19)21(25)27-11-4/h13-14,18H,8-12H2,1-7H3/p+1. The number of amides is 1. The van der Waals surface area contributed by atoms with Gasteiger partial charge in [-0.1, -0.05) is 6.92 Å². The van der Waals surface area contributed by atoms with Gasteiger partial charge in [0.25, 0.3) is 5.91 Å². The van der Waals surface area contributed by atoms with Gasteiger partial charge >= 0.3 is 5.97 Å². The van der Waals surface area contributed by atoms with E-state index >= 15 is 0 Å². The lowest BCUT2D eigenvalue weighted by Crippen LogP contribution is -2.57. The highest BCUT2D eigenvalue weighted by Crippen LogP contribution is 2.29. The number of quaternary nitrogens is 1. The van der Waals surface area contributed by atoms with E-state index in [1.165, 1.54) is 0 Å². The summed E-state index contributed by atoms with van der Waals surface area (Å²) in [5.74, 6) is 0.0216. The van der Waals surface area contributed by atoms with E-state index in [0.717, 1.165) is 31.5 Å². The number of hydrogen-bond acceptors (Lipinski definition) is 4. The Kier molecular flexibility index (Phi) is 8.76. The highest BCUT2D eigenvalue weighted by Gasteiger charge is 2.36. The van der Waals surface area contributed by atoms with Crippen LogP contribution in [-0.4, -0.2) is 56.3 Å². The van der Waals surface area contributed by atoms with E-state index < -0.39 is 5.97 Å². The maximum atomic E-state index is 13.2. The lowest BCUT2D eigenvalue weighted by molar-refractivity contribution is -0.921. The van der Waals surface area contributed by atoms with Gasteiger partial charge in [0.1, 0.15) is 5.75 Å². The van der Waals surface area contributed by atoms with Crippen LogP contribution in [0.3, 0.4) is 0 Å². The second kappa shape index (κ2) is 10.3. The Morgan fingerprint density at radius 2 is 1.78 bits per heavy atom. The third-order valence-corrected chi connectivity index (χ3v) is 5.35. The van der Waals surface area contributed by atoms with E-state index in [1.54, 1.807) is 26.2 Å². The van der Waals surface area contributed by atoms with Crippen molar-refractivity contribution in [3.63, 3.8) is 0 Å². The van der Waals surface area contributed by atoms with Gasteiger partial charge in [-0.2, -0.15) is 0 Å². The van der Waals surface area contributed by atoms with Crippen LogP contribution in [-0.2, 0) is 9.53 Å². The molecule has 0 aromatic heterocycles. The number of ether oxygens (including phenoxy) is 2. The third kappa shape index (κ3) is 5.45. The number of aryl methyl sites for hydroxylation is 1. The summed E-state index contributed by atoms with van der Waals surface area (Å²) in [6.07, 6.45) is 1.70. The number of nitrogens with zero attached hydrogens (tertiary/aromatic N) is 1. The number of hydrogen-bond donors (Lipinski definition) is 1. The van der Waals surface area contributed by atoms with Crippen LogP contribution in [0, 0.1) is 6.92 Å². The van der Waals surface area contributed by atoms with Crippen LogP contribution in [0.1, 0.15) is 56.5 Å². The molecule has 27 heavy (non-hydrogen) atoms. The van der Waals surface area contributed by atoms with Crippen molar-refractivity contribution in [2.45, 2.75) is 53.5 Å². The van der Waals surface area contributed by atoms with Gasteiger partial charge in [-0.25, -0.2) is 4.79 Å². The monoisotopic (exact) mass is 379 g/mol. The Morgan fingerprint density at radius 3 is 2.26 bits per heavy atom. The third-order valence-electron chi connectivity index (χ3n) is 5.35. The molecule has 1 amide bonds. The molecule has 0 radical (unpaired) electrons. The first-order chi connectivity index (χ1) is 12.8. The Balaban J connectivity index is 3.32. The molecule has 0 heterocycles. The van der Waals surface area contributed by atoms with Gasteiger partial charge in [-0.3, -0.25) is 4.79 Å². The summed E-state index contributed by atoms with van der Waals surface area (Å²) < 4.78 is 11.1. The molecular weight excluding hydrogens is 344 g/mol. The smallest absolute Gasteiger partial charge is 0.340 e. The van der Waals surface area contributed by atoms with Gasteiger partial charge in [-0.05, 0) is 51.8 Å². The van der Waals surface area contributed by atoms with E-state index in [2.05, 4.69) is 33.1 Å². The summed E-state index contributed by atoms with van der Waals surface area (Å²) in [5.41, 5.74) is 1.59. The average Bonchev–Trinajstić information content (AvgIpc) is 2.66. The SMILES string of the molecule is CCCC(C(=O)Nc1c(C)cc(OC)cc1C(=O)OCC)[N+](C)(CC)CC. The molecule has 1 N–H and O–H groups in total. The number of methoxy groups -OCH3 is 1. The molecule has 0 aliphatic rings. The molecule has 1 atom stereocenters. The van der Waals surface area contributed by atoms with Crippen molar-refractivity contribution in [1.82, 2.24) is 0 Å². The molecule has 0 bridgehead atoms. The van der Waals surface area contributed by atoms with Crippen molar-refractivity contribution in [2.24, 2.45) is 0 Å². The predicted molar refractivity (Wildman–Crippen MR) is 108 cm³/mol. The van der Waals surface area contributed by atoms with Crippen LogP contribution in [0.5, 0.6) is 5.75 Å². The largest absolute Gasteiger partial charge is 0.497 e. The van der Waals surface area contributed by atoms with Crippen molar-refractivity contribution < 1.29 is 23.5 Å². The Morgan fingerprint density at radius 1 is 1.15 bits per heavy atom. The minimum Gasteiger partial charge on any atom is -0.497 e. The molecule has 1 rings (SSSR count). The highest BCUT2D eigenvalue weighted by molar-refractivity contribution is 6.03. The van der Waals surface area contributed by atoms with E-state index in [9.17, 15) is 9.59 Å². The van der Waals surface area contributed by atoms with Crippen molar-refractivity contribution in [3.8, 4) is 5.75 Å². The molecule has 1 aromatic carbocycles. The fourth-order valence-corrected chi connectivity index (χ4v) is 3.28. The van der Waals surface area contributed by atoms with Crippen molar-refractivity contribution in [3.05, 3.63) is 23.3 Å². The van der Waals surface area contributed by atoms with Crippen LogP contribution in [0.15, 0.2) is 12.1 Å². The Bertz CT molecular complexity index is 654. The molecule has 6 nitrogen and oxygen atoms in total. The second-order valence-corrected chi connectivity index (χ2v) is 6.99. The number of likely N-dealkylation sites (N-methyl/N-ethyl adjacent to an activating group) is 1. The first-order valence-electron chi connectivity index (χ1n) is 9.78. The summed E-state index contributed by atoms with van der Waals surface area (Å²) in [7, 11) is 3.65. The van der Waals surface area contributed by atoms with Crippen molar-refractivity contribution in [2.75, 3.05) is 39.2 Å². The molecule has 1 aromatic rings. The molecule has 0 aliphatic carbocycles. The maximum Gasteiger partial charge on any atom is 0.340 e. The number of esters is 1. The van der Waals surface area contributed by atoms with E-state index in [1.807, 2.05) is 6.92 Å². The molecule has 152 valence electrons. The average molecular weight is 380 g/mol. The number of carbonyl (C=O) groups is 2. The lowest BCUT2D eigenvalue weighted by atomic mass is 10.0. The molecule has 1 unspecified atom stereocenters.